The molecule has 0 aliphatic rings. The second-order valence-electron chi connectivity index (χ2n) is 7.23. The van der Waals surface area contributed by atoms with Gasteiger partial charge in [-0.05, 0) is 31.4 Å². The number of amides is 1. The van der Waals surface area contributed by atoms with Gasteiger partial charge in [-0.3, -0.25) is 4.79 Å². The second-order valence-corrected chi connectivity index (χ2v) is 7.62. The first-order chi connectivity index (χ1) is 14.1. The highest BCUT2D eigenvalue weighted by Crippen LogP contribution is 2.30. The van der Waals surface area contributed by atoms with Crippen molar-refractivity contribution in [3.05, 3.63) is 47.0 Å². The summed E-state index contributed by atoms with van der Waals surface area (Å²) in [6, 6.07) is 4.01. The van der Waals surface area contributed by atoms with Gasteiger partial charge in [0.1, 0.15) is 17.3 Å². The van der Waals surface area contributed by atoms with E-state index in [1.807, 2.05) is 19.9 Å². The molecule has 0 aliphatic carbocycles. The Bertz CT molecular complexity index is 889. The molecule has 1 amide bonds. The molecule has 2 unspecified atom stereocenters. The maximum Gasteiger partial charge on any atom is 0.328 e. The number of aromatic hydroxyl groups is 1. The van der Waals surface area contributed by atoms with Crippen molar-refractivity contribution >= 4 is 23.5 Å². The van der Waals surface area contributed by atoms with Crippen LogP contribution < -0.4 is 10.1 Å². The molecule has 2 heterocycles. The molecule has 0 aliphatic heterocycles. The Kier molecular flexibility index (Phi) is 8.00. The zero-order chi connectivity index (χ0) is 22.4. The van der Waals surface area contributed by atoms with E-state index < -0.39 is 29.8 Å². The van der Waals surface area contributed by atoms with Crippen molar-refractivity contribution in [2.45, 2.75) is 45.8 Å². The third-order valence-electron chi connectivity index (χ3n) is 4.68. The molecule has 9 heteroatoms. The van der Waals surface area contributed by atoms with E-state index in [4.69, 9.17) is 21.1 Å². The molecule has 0 spiro atoms. The summed E-state index contributed by atoms with van der Waals surface area (Å²) in [4.78, 5) is 32.9. The van der Waals surface area contributed by atoms with Gasteiger partial charge in [0.15, 0.2) is 17.2 Å². The number of nitrogens with one attached hydrogen (secondary N) is 1. The van der Waals surface area contributed by atoms with Gasteiger partial charge in [0, 0.05) is 24.4 Å². The average Bonchev–Trinajstić information content (AvgIpc) is 2.69. The van der Waals surface area contributed by atoms with Crippen molar-refractivity contribution in [2.24, 2.45) is 5.92 Å². The minimum atomic E-state index is -0.955. The lowest BCUT2D eigenvalue weighted by molar-refractivity contribution is -0.151. The van der Waals surface area contributed by atoms with E-state index in [1.54, 1.807) is 19.2 Å². The number of ether oxygens (including phenoxy) is 2. The molecule has 3 atom stereocenters. The largest absolute Gasteiger partial charge is 0.503 e. The monoisotopic (exact) mass is 435 g/mol. The molecule has 2 aromatic rings. The Morgan fingerprint density at radius 3 is 2.40 bits per heavy atom. The molecule has 0 radical (unpaired) electrons. The number of carbonyl (C=O) groups is 2. The molecular weight excluding hydrogens is 410 g/mol. The van der Waals surface area contributed by atoms with Crippen molar-refractivity contribution in [1.82, 2.24) is 15.3 Å². The van der Waals surface area contributed by atoms with Crippen molar-refractivity contribution < 1.29 is 24.2 Å². The maximum atomic E-state index is 12.6. The standard InChI is InChI=1S/C21H26ClN3O5/c1-11(2)17(14-6-7-16(22)24-10-14)13(4)30-21(28)12(3)25-20(27)18-19(26)15(29-5)8-9-23-18/h6-13,17,26H,1-5H3,(H,25,27)/t12-,13?,17?/m0/s1. The molecule has 30 heavy (non-hydrogen) atoms. The van der Waals surface area contributed by atoms with Crippen LogP contribution in [0, 0.1) is 5.92 Å². The van der Waals surface area contributed by atoms with Gasteiger partial charge in [-0.2, -0.15) is 0 Å². The molecule has 2 aromatic heterocycles. The summed E-state index contributed by atoms with van der Waals surface area (Å²) < 4.78 is 10.6. The zero-order valence-electron chi connectivity index (χ0n) is 17.5. The number of rotatable bonds is 8. The van der Waals surface area contributed by atoms with Crippen molar-refractivity contribution in [2.75, 3.05) is 7.11 Å². The van der Waals surface area contributed by atoms with Gasteiger partial charge in [-0.1, -0.05) is 31.5 Å². The molecule has 162 valence electrons. The number of halogens is 1. The fraction of sp³-hybridized carbons (Fsp3) is 0.429. The highest BCUT2D eigenvalue weighted by Gasteiger charge is 2.29. The van der Waals surface area contributed by atoms with E-state index >= 15 is 0 Å². The number of methoxy groups -OCH3 is 1. The predicted molar refractivity (Wildman–Crippen MR) is 112 cm³/mol. The molecule has 0 aromatic carbocycles. The van der Waals surface area contributed by atoms with E-state index in [0.29, 0.717) is 5.15 Å². The smallest absolute Gasteiger partial charge is 0.328 e. The van der Waals surface area contributed by atoms with Crippen LogP contribution in [-0.2, 0) is 9.53 Å². The van der Waals surface area contributed by atoms with E-state index in [9.17, 15) is 14.7 Å². The lowest BCUT2D eigenvalue weighted by Gasteiger charge is -2.28. The summed E-state index contributed by atoms with van der Waals surface area (Å²) in [5.74, 6) is -1.56. The predicted octanol–water partition coefficient (Wildman–Crippen LogP) is 3.33. The molecule has 0 saturated heterocycles. The third kappa shape index (κ3) is 5.60. The number of aromatic nitrogens is 2. The number of esters is 1. The van der Waals surface area contributed by atoms with Crippen molar-refractivity contribution in [1.29, 1.82) is 0 Å². The Morgan fingerprint density at radius 1 is 1.13 bits per heavy atom. The van der Waals surface area contributed by atoms with Gasteiger partial charge in [0.2, 0.25) is 0 Å². The Hall–Kier alpha value is -2.87. The quantitative estimate of drug-likeness (QED) is 0.483. The Labute approximate surface area is 180 Å². The van der Waals surface area contributed by atoms with Crippen LogP contribution in [-0.4, -0.2) is 46.2 Å². The van der Waals surface area contributed by atoms with Crippen LogP contribution in [0.1, 0.15) is 49.7 Å². The van der Waals surface area contributed by atoms with E-state index in [2.05, 4.69) is 15.3 Å². The minimum absolute atomic E-state index is 0.106. The van der Waals surface area contributed by atoms with Gasteiger partial charge >= 0.3 is 5.97 Å². The van der Waals surface area contributed by atoms with Gasteiger partial charge in [0.25, 0.3) is 5.91 Å². The molecule has 8 nitrogen and oxygen atoms in total. The normalized spacial score (nSPS) is 14.0. The molecule has 0 saturated carbocycles. The summed E-state index contributed by atoms with van der Waals surface area (Å²) in [6.45, 7) is 7.33. The molecule has 2 rings (SSSR count). The topological polar surface area (TPSA) is 111 Å². The first-order valence-electron chi connectivity index (χ1n) is 9.50. The highest BCUT2D eigenvalue weighted by atomic mass is 35.5. The van der Waals surface area contributed by atoms with Crippen LogP contribution in [0.5, 0.6) is 11.5 Å². The summed E-state index contributed by atoms with van der Waals surface area (Å²) in [5.41, 5.74) is 0.659. The summed E-state index contributed by atoms with van der Waals surface area (Å²) >= 11 is 5.86. The fourth-order valence-electron chi connectivity index (χ4n) is 3.23. The number of carbonyl (C=O) groups excluding carboxylic acids is 2. The van der Waals surface area contributed by atoms with Gasteiger partial charge in [0.05, 0.1) is 7.11 Å². The summed E-state index contributed by atoms with van der Waals surface area (Å²) in [7, 11) is 1.36. The number of hydrogen-bond donors (Lipinski definition) is 2. The molecule has 0 bridgehead atoms. The first-order valence-corrected chi connectivity index (χ1v) is 9.88. The highest BCUT2D eigenvalue weighted by molar-refractivity contribution is 6.29. The molecular formula is C21H26ClN3O5. The summed E-state index contributed by atoms with van der Waals surface area (Å²) in [6.07, 6.45) is 2.52. The van der Waals surface area contributed by atoms with Crippen LogP contribution in [0.25, 0.3) is 0 Å². The zero-order valence-corrected chi connectivity index (χ0v) is 18.3. The average molecular weight is 436 g/mol. The van der Waals surface area contributed by atoms with Crippen LogP contribution in [0.15, 0.2) is 30.6 Å². The maximum absolute atomic E-state index is 12.6. The van der Waals surface area contributed by atoms with Gasteiger partial charge < -0.3 is 19.9 Å². The number of pyridine rings is 2. The van der Waals surface area contributed by atoms with E-state index in [-0.39, 0.29) is 23.3 Å². The third-order valence-corrected chi connectivity index (χ3v) is 4.91. The fourth-order valence-corrected chi connectivity index (χ4v) is 3.34. The van der Waals surface area contributed by atoms with Crippen LogP contribution in [0.3, 0.4) is 0 Å². The lowest BCUT2D eigenvalue weighted by Crippen LogP contribution is -2.42. The summed E-state index contributed by atoms with van der Waals surface area (Å²) in [5, 5.41) is 12.9. The SMILES string of the molecule is COc1ccnc(C(=O)N[C@@H](C)C(=O)OC(C)C(c2ccc(Cl)nc2)C(C)C)c1O. The van der Waals surface area contributed by atoms with Crippen LogP contribution >= 0.6 is 11.6 Å². The molecule has 2 N–H and O–H groups in total. The second kappa shape index (κ2) is 10.2. The Morgan fingerprint density at radius 2 is 1.83 bits per heavy atom. The van der Waals surface area contributed by atoms with E-state index in [1.165, 1.54) is 26.3 Å². The first kappa shape index (κ1) is 23.4. The molecule has 0 fully saturated rings. The van der Waals surface area contributed by atoms with Gasteiger partial charge in [-0.25, -0.2) is 14.8 Å². The van der Waals surface area contributed by atoms with Crippen LogP contribution in [0.2, 0.25) is 5.15 Å². The van der Waals surface area contributed by atoms with Gasteiger partial charge in [-0.15, -0.1) is 0 Å². The van der Waals surface area contributed by atoms with Crippen molar-refractivity contribution in [3.63, 3.8) is 0 Å². The van der Waals surface area contributed by atoms with E-state index in [0.717, 1.165) is 5.56 Å². The number of nitrogens with zero attached hydrogens (tertiary/aromatic N) is 2. The van der Waals surface area contributed by atoms with Crippen LogP contribution in [0.4, 0.5) is 0 Å². The van der Waals surface area contributed by atoms with Crippen molar-refractivity contribution in [3.8, 4) is 11.5 Å². The Balaban J connectivity index is 2.06. The minimum Gasteiger partial charge on any atom is -0.503 e. The number of hydrogen-bond acceptors (Lipinski definition) is 7. The lowest BCUT2D eigenvalue weighted by atomic mass is 9.85.